The maximum absolute atomic E-state index is 11.9. The molecule has 0 N–H and O–H groups in total. The van der Waals surface area contributed by atoms with Gasteiger partial charge in [0.2, 0.25) is 0 Å². The van der Waals surface area contributed by atoms with E-state index in [4.69, 9.17) is 9.47 Å². The lowest BCUT2D eigenvalue weighted by Gasteiger charge is -2.18. The van der Waals surface area contributed by atoms with Crippen LogP contribution in [0.15, 0.2) is 18.5 Å². The second-order valence-corrected chi connectivity index (χ2v) is 7.15. The molecule has 178 valence electrons. The summed E-state index contributed by atoms with van der Waals surface area (Å²) >= 11 is 0. The van der Waals surface area contributed by atoms with Crippen molar-refractivity contribution in [1.82, 2.24) is 14.8 Å². The second-order valence-electron chi connectivity index (χ2n) is 7.15. The van der Waals surface area contributed by atoms with Crippen LogP contribution in [0.2, 0.25) is 0 Å². The normalized spacial score (nSPS) is 10.4. The third-order valence-corrected chi connectivity index (χ3v) is 5.03. The predicted octanol–water partition coefficient (Wildman–Crippen LogP) is 1.77. The van der Waals surface area contributed by atoms with Gasteiger partial charge in [-0.05, 0) is 51.7 Å². The minimum absolute atomic E-state index is 0.131. The molecule has 0 aliphatic heterocycles. The summed E-state index contributed by atoms with van der Waals surface area (Å²) in [6, 6.07) is 1.87. The highest BCUT2D eigenvalue weighted by Gasteiger charge is 2.14. The highest BCUT2D eigenvalue weighted by molar-refractivity contribution is 5.81. The summed E-state index contributed by atoms with van der Waals surface area (Å²) in [5.41, 5.74) is 1.67. The molecule has 9 heteroatoms. The van der Waals surface area contributed by atoms with Crippen molar-refractivity contribution in [3.8, 4) is 0 Å². The molecule has 0 fully saturated rings. The Balaban J connectivity index is 2.40. The van der Waals surface area contributed by atoms with Crippen molar-refractivity contribution in [2.24, 2.45) is 0 Å². The molecule has 0 atom stereocenters. The molecular weight excluding hydrogens is 414 g/mol. The molecule has 2 amide bonds. The van der Waals surface area contributed by atoms with Crippen LogP contribution in [0.3, 0.4) is 0 Å². The summed E-state index contributed by atoms with van der Waals surface area (Å²) in [6.07, 6.45) is 4.40. The number of hydrogen-bond donors (Lipinski definition) is 0. The van der Waals surface area contributed by atoms with Crippen LogP contribution in [0.4, 0.5) is 0 Å². The van der Waals surface area contributed by atoms with Crippen LogP contribution in [0.5, 0.6) is 0 Å². The number of aryl methyl sites for hydroxylation is 2. The molecule has 0 saturated carbocycles. The highest BCUT2D eigenvalue weighted by Crippen LogP contribution is 2.09. The predicted molar refractivity (Wildman–Crippen MR) is 119 cm³/mol. The number of carbonyl (C=O) groups excluding carboxylic acids is 4. The molecule has 0 bridgehead atoms. The molecule has 0 unspecified atom stereocenters. The van der Waals surface area contributed by atoms with Gasteiger partial charge in [0, 0.05) is 51.4 Å². The number of aromatic nitrogens is 1. The van der Waals surface area contributed by atoms with E-state index in [0.717, 1.165) is 11.1 Å². The summed E-state index contributed by atoms with van der Waals surface area (Å²) in [4.78, 5) is 55.0. The lowest BCUT2D eigenvalue weighted by Crippen LogP contribution is -2.34. The van der Waals surface area contributed by atoms with Crippen molar-refractivity contribution in [2.75, 3.05) is 39.4 Å². The Morgan fingerprint density at radius 2 is 1.09 bits per heavy atom. The van der Waals surface area contributed by atoms with Crippen LogP contribution in [0.1, 0.15) is 51.7 Å². The number of esters is 2. The molecule has 0 aliphatic rings. The molecule has 0 radical (unpaired) electrons. The van der Waals surface area contributed by atoms with Crippen molar-refractivity contribution in [1.29, 1.82) is 0 Å². The van der Waals surface area contributed by atoms with Gasteiger partial charge in [0.1, 0.15) is 0 Å². The first-order chi connectivity index (χ1) is 15.3. The monoisotopic (exact) mass is 449 g/mol. The van der Waals surface area contributed by atoms with E-state index >= 15 is 0 Å². The number of nitrogens with zero attached hydrogens (tertiary/aromatic N) is 3. The average Bonchev–Trinajstić information content (AvgIpc) is 2.80. The van der Waals surface area contributed by atoms with E-state index in [1.54, 1.807) is 22.2 Å². The summed E-state index contributed by atoms with van der Waals surface area (Å²) < 4.78 is 10.1. The molecule has 0 aromatic carbocycles. The van der Waals surface area contributed by atoms with Crippen molar-refractivity contribution in [3.05, 3.63) is 29.6 Å². The maximum Gasteiger partial charge on any atom is 0.306 e. The van der Waals surface area contributed by atoms with Gasteiger partial charge in [-0.25, -0.2) is 0 Å². The van der Waals surface area contributed by atoms with E-state index in [0.29, 0.717) is 39.0 Å². The molecule has 1 aromatic heterocycles. The van der Waals surface area contributed by atoms with Crippen LogP contribution >= 0.6 is 0 Å². The summed E-state index contributed by atoms with van der Waals surface area (Å²) in [5, 5.41) is 0. The van der Waals surface area contributed by atoms with Crippen LogP contribution < -0.4 is 0 Å². The molecule has 0 spiro atoms. The maximum atomic E-state index is 11.9. The van der Waals surface area contributed by atoms with E-state index in [9.17, 15) is 19.2 Å². The molecule has 0 aliphatic carbocycles. The average molecular weight is 450 g/mol. The van der Waals surface area contributed by atoms with E-state index in [-0.39, 0.29) is 37.9 Å². The topological polar surface area (TPSA) is 106 Å². The van der Waals surface area contributed by atoms with Gasteiger partial charge < -0.3 is 19.3 Å². The number of likely N-dealkylation sites (N-methyl/N-ethyl adjacent to an activating group) is 2. The van der Waals surface area contributed by atoms with E-state index in [1.807, 2.05) is 33.8 Å². The first-order valence-corrected chi connectivity index (χ1v) is 11.1. The summed E-state index contributed by atoms with van der Waals surface area (Å²) in [6.45, 7) is 9.27. The lowest BCUT2D eigenvalue weighted by molar-refractivity contribution is -0.151. The summed E-state index contributed by atoms with van der Waals surface area (Å²) in [7, 11) is 0. The molecule has 1 aromatic rings. The third kappa shape index (κ3) is 9.89. The minimum atomic E-state index is -0.447. The molecule has 32 heavy (non-hydrogen) atoms. The quantitative estimate of drug-likeness (QED) is 0.399. The van der Waals surface area contributed by atoms with Gasteiger partial charge in [-0.3, -0.25) is 24.2 Å². The van der Waals surface area contributed by atoms with Gasteiger partial charge in [-0.1, -0.05) is 6.07 Å². The van der Waals surface area contributed by atoms with Gasteiger partial charge in [-0.2, -0.15) is 0 Å². The molecule has 1 heterocycles. The molecule has 9 nitrogen and oxygen atoms in total. The zero-order chi connectivity index (χ0) is 23.9. The number of carbonyl (C=O) groups is 4. The first kappa shape index (κ1) is 27.1. The zero-order valence-corrected chi connectivity index (χ0v) is 19.6. The Morgan fingerprint density at radius 3 is 1.44 bits per heavy atom. The fraction of sp³-hybridized carbons (Fsp3) is 0.609. The van der Waals surface area contributed by atoms with Gasteiger partial charge in [-0.15, -0.1) is 0 Å². The number of pyridine rings is 1. The van der Waals surface area contributed by atoms with Gasteiger partial charge in [0.25, 0.3) is 11.8 Å². The Labute approximate surface area is 190 Å². The van der Waals surface area contributed by atoms with Gasteiger partial charge in [0.05, 0.1) is 0 Å². The fourth-order valence-electron chi connectivity index (χ4n) is 3.07. The smallest absolute Gasteiger partial charge is 0.306 e. The molecule has 1 rings (SSSR count). The fourth-order valence-corrected chi connectivity index (χ4v) is 3.07. The highest BCUT2D eigenvalue weighted by atomic mass is 16.5. The third-order valence-electron chi connectivity index (χ3n) is 5.03. The Kier molecular flexibility index (Phi) is 12.6. The van der Waals surface area contributed by atoms with E-state index in [1.165, 1.54) is 0 Å². The summed E-state index contributed by atoms with van der Waals surface area (Å²) in [5.74, 6) is -1.31. The van der Waals surface area contributed by atoms with Crippen molar-refractivity contribution in [3.63, 3.8) is 0 Å². The zero-order valence-electron chi connectivity index (χ0n) is 19.6. The van der Waals surface area contributed by atoms with Crippen LogP contribution in [0, 0.1) is 0 Å². The van der Waals surface area contributed by atoms with Crippen molar-refractivity contribution < 1.29 is 28.7 Å². The SMILES string of the molecule is CCN(CC)C(=O)COC(=O)CCc1cncc(CCC(=O)OCC(=O)N(CC)CC)c1. The number of hydrogen-bond acceptors (Lipinski definition) is 7. The largest absolute Gasteiger partial charge is 0.456 e. The Bertz CT molecular complexity index is 701. The Morgan fingerprint density at radius 1 is 0.719 bits per heavy atom. The number of ether oxygens (including phenoxy) is 2. The molecule has 0 saturated heterocycles. The van der Waals surface area contributed by atoms with Crippen molar-refractivity contribution >= 4 is 23.8 Å². The second kappa shape index (κ2) is 14.9. The first-order valence-electron chi connectivity index (χ1n) is 11.1. The van der Waals surface area contributed by atoms with Crippen LogP contribution in [-0.4, -0.2) is 77.9 Å². The minimum Gasteiger partial charge on any atom is -0.456 e. The van der Waals surface area contributed by atoms with E-state index < -0.39 is 11.9 Å². The van der Waals surface area contributed by atoms with Crippen LogP contribution in [0.25, 0.3) is 0 Å². The Hall–Kier alpha value is -2.97. The lowest BCUT2D eigenvalue weighted by atomic mass is 10.1. The standard InChI is InChI=1S/C23H35N3O6/c1-5-25(6-2)20(27)16-31-22(29)11-9-18-13-19(15-24-14-18)10-12-23(30)32-17-21(28)26(7-3)8-4/h13-15H,5-12,16-17H2,1-4H3. The van der Waals surface area contributed by atoms with Gasteiger partial charge in [0.15, 0.2) is 13.2 Å². The van der Waals surface area contributed by atoms with Crippen molar-refractivity contribution in [2.45, 2.75) is 53.4 Å². The van der Waals surface area contributed by atoms with Crippen LogP contribution in [-0.2, 0) is 41.5 Å². The van der Waals surface area contributed by atoms with Gasteiger partial charge >= 0.3 is 11.9 Å². The number of amides is 2. The molecular formula is C23H35N3O6. The van der Waals surface area contributed by atoms with E-state index in [2.05, 4.69) is 4.98 Å². The number of rotatable bonds is 14.